The first-order valence-corrected chi connectivity index (χ1v) is 14.9. The Bertz CT molecular complexity index is 1650. The van der Waals surface area contributed by atoms with Crippen LogP contribution in [-0.4, -0.2) is 57.7 Å². The Morgan fingerprint density at radius 3 is 2.33 bits per heavy atom. The third-order valence-corrected chi connectivity index (χ3v) is 7.33. The maximum absolute atomic E-state index is 13.8. The van der Waals surface area contributed by atoms with Gasteiger partial charge >= 0.3 is 0 Å². The molecule has 2 aromatic carbocycles. The number of aryl methyl sites for hydroxylation is 1. The average Bonchev–Trinajstić information content (AvgIpc) is 3.67. The van der Waals surface area contributed by atoms with Gasteiger partial charge in [0.1, 0.15) is 17.8 Å². The number of amides is 4. The van der Waals surface area contributed by atoms with Gasteiger partial charge in [0, 0.05) is 36.1 Å². The zero-order valence-electron chi connectivity index (χ0n) is 25.5. The number of hydrogen-bond donors (Lipinski definition) is 5. The Hall–Kier alpha value is -5.26. The molecule has 4 aromatic rings. The van der Waals surface area contributed by atoms with Crippen molar-refractivity contribution in [1.29, 1.82) is 0 Å². The molecule has 3 atom stereocenters. The summed E-state index contributed by atoms with van der Waals surface area (Å²) < 4.78 is 4.93. The molecule has 0 aliphatic heterocycles. The Morgan fingerprint density at radius 1 is 0.911 bits per heavy atom. The maximum atomic E-state index is 13.8. The van der Waals surface area contributed by atoms with Crippen molar-refractivity contribution in [2.24, 2.45) is 0 Å². The van der Waals surface area contributed by atoms with E-state index in [4.69, 9.17) is 4.52 Å². The number of unbranched alkanes of at least 4 members (excludes halogenated alkanes) is 1. The molecule has 2 heterocycles. The summed E-state index contributed by atoms with van der Waals surface area (Å²) in [6, 6.07) is 14.9. The summed E-state index contributed by atoms with van der Waals surface area (Å²) in [5, 5.41) is 15.2. The van der Waals surface area contributed by atoms with Gasteiger partial charge in [-0.2, -0.15) is 0 Å². The topological polar surface area (TPSA) is 175 Å². The summed E-state index contributed by atoms with van der Waals surface area (Å²) in [5.74, 6) is -3.01. The van der Waals surface area contributed by atoms with E-state index in [1.54, 1.807) is 13.1 Å². The zero-order chi connectivity index (χ0) is 32.3. The molecule has 0 fully saturated rings. The molecule has 0 saturated carbocycles. The number of nitrogens with zero attached hydrogens (tertiary/aromatic N) is 1. The summed E-state index contributed by atoms with van der Waals surface area (Å²) in [4.78, 5) is 68.8. The minimum absolute atomic E-state index is 0.0167. The Labute approximate surface area is 260 Å². The van der Waals surface area contributed by atoms with Crippen molar-refractivity contribution in [1.82, 2.24) is 31.4 Å². The Morgan fingerprint density at radius 2 is 1.62 bits per heavy atom. The molecule has 5 N–H and O–H groups in total. The predicted molar refractivity (Wildman–Crippen MR) is 167 cm³/mol. The summed E-state index contributed by atoms with van der Waals surface area (Å²) in [7, 11) is 0. The number of Topliss-reactive ketones (excluding diaryl/α,β-unsaturated/α-hetero) is 1. The molecule has 4 amide bonds. The van der Waals surface area contributed by atoms with Crippen molar-refractivity contribution in [3.8, 4) is 0 Å². The fourth-order valence-electron chi connectivity index (χ4n) is 4.81. The first kappa shape index (κ1) is 32.6. The van der Waals surface area contributed by atoms with Gasteiger partial charge in [-0.05, 0) is 37.5 Å². The van der Waals surface area contributed by atoms with Crippen molar-refractivity contribution in [2.75, 3.05) is 0 Å². The molecule has 4 rings (SSSR count). The molecule has 0 aliphatic carbocycles. The molecular weight excluding hydrogens is 576 g/mol. The van der Waals surface area contributed by atoms with E-state index in [1.807, 2.05) is 61.5 Å². The first-order chi connectivity index (χ1) is 21.7. The molecule has 3 unspecified atom stereocenters. The van der Waals surface area contributed by atoms with Crippen LogP contribution in [0, 0.1) is 6.92 Å². The quantitative estimate of drug-likeness (QED) is 0.128. The van der Waals surface area contributed by atoms with Crippen LogP contribution in [0.4, 0.5) is 0 Å². The van der Waals surface area contributed by atoms with Gasteiger partial charge in [0.2, 0.25) is 17.6 Å². The average molecular weight is 615 g/mol. The number of benzene rings is 2. The van der Waals surface area contributed by atoms with Crippen LogP contribution in [0.1, 0.15) is 60.5 Å². The number of hydrogen-bond acceptors (Lipinski definition) is 7. The van der Waals surface area contributed by atoms with Crippen molar-refractivity contribution in [2.45, 2.75) is 71.1 Å². The van der Waals surface area contributed by atoms with Crippen LogP contribution in [-0.2, 0) is 32.1 Å². The second kappa shape index (κ2) is 15.5. The zero-order valence-corrected chi connectivity index (χ0v) is 25.5. The molecule has 12 heteroatoms. The highest BCUT2D eigenvalue weighted by Gasteiger charge is 2.31. The molecule has 0 radical (unpaired) electrons. The lowest BCUT2D eigenvalue weighted by atomic mass is 10.0. The predicted octanol–water partition coefficient (Wildman–Crippen LogP) is 2.87. The number of rotatable bonds is 15. The number of nitrogens with one attached hydrogen (secondary N) is 5. The number of aromatic nitrogens is 2. The second-order valence-corrected chi connectivity index (χ2v) is 10.9. The number of carbonyl (C=O) groups is 5. The van der Waals surface area contributed by atoms with E-state index in [0.717, 1.165) is 28.5 Å². The Balaban J connectivity index is 1.50. The summed E-state index contributed by atoms with van der Waals surface area (Å²) in [6.07, 6.45) is 3.42. The number of para-hydroxylation sites is 1. The SMILES string of the molecule is CCCCC(NC(=O)C(Cc1c[nH]c2ccccc12)NC(=O)C(C)NC(=O)c1cc(C)on1)C(=O)C(=O)NCc1ccccc1. The van der Waals surface area contributed by atoms with Gasteiger partial charge < -0.3 is 30.8 Å². The number of fused-ring (bicyclic) bond motifs is 1. The van der Waals surface area contributed by atoms with Crippen LogP contribution in [0.3, 0.4) is 0 Å². The molecule has 2 aromatic heterocycles. The first-order valence-electron chi connectivity index (χ1n) is 14.9. The second-order valence-electron chi connectivity index (χ2n) is 10.9. The van der Waals surface area contributed by atoms with E-state index in [2.05, 4.69) is 31.4 Å². The lowest BCUT2D eigenvalue weighted by Crippen LogP contribution is -2.56. The third kappa shape index (κ3) is 8.88. The number of ketones is 1. The minimum Gasteiger partial charge on any atom is -0.361 e. The third-order valence-electron chi connectivity index (χ3n) is 7.33. The fourth-order valence-corrected chi connectivity index (χ4v) is 4.81. The van der Waals surface area contributed by atoms with E-state index < -0.39 is 47.5 Å². The highest BCUT2D eigenvalue weighted by atomic mass is 16.5. The maximum Gasteiger partial charge on any atom is 0.289 e. The number of aromatic amines is 1. The number of H-pyrrole nitrogens is 1. The van der Waals surface area contributed by atoms with Gasteiger partial charge in [0.05, 0.1) is 6.04 Å². The van der Waals surface area contributed by atoms with Gasteiger partial charge in [0.25, 0.3) is 11.8 Å². The van der Waals surface area contributed by atoms with E-state index in [1.165, 1.54) is 13.0 Å². The Kier molecular flexibility index (Phi) is 11.2. The van der Waals surface area contributed by atoms with E-state index >= 15 is 0 Å². The van der Waals surface area contributed by atoms with Gasteiger partial charge in [-0.1, -0.05) is 73.5 Å². The highest BCUT2D eigenvalue weighted by molar-refractivity contribution is 6.38. The lowest BCUT2D eigenvalue weighted by molar-refractivity contribution is -0.140. The smallest absolute Gasteiger partial charge is 0.289 e. The fraction of sp³-hybridized carbons (Fsp3) is 0.333. The van der Waals surface area contributed by atoms with Gasteiger partial charge in [0.15, 0.2) is 5.69 Å². The molecule has 45 heavy (non-hydrogen) atoms. The van der Waals surface area contributed by atoms with Crippen LogP contribution in [0.15, 0.2) is 71.4 Å². The number of carbonyl (C=O) groups excluding carboxylic acids is 5. The molecule has 0 spiro atoms. The monoisotopic (exact) mass is 614 g/mol. The van der Waals surface area contributed by atoms with E-state index in [-0.39, 0.29) is 25.1 Å². The van der Waals surface area contributed by atoms with E-state index in [9.17, 15) is 24.0 Å². The minimum atomic E-state index is -1.13. The summed E-state index contributed by atoms with van der Waals surface area (Å²) in [5.41, 5.74) is 2.46. The van der Waals surface area contributed by atoms with Crippen LogP contribution in [0.2, 0.25) is 0 Å². The van der Waals surface area contributed by atoms with E-state index in [0.29, 0.717) is 12.2 Å². The standard InChI is InChI=1S/C33H38N6O6/c1-4-5-14-26(29(40)33(44)35-18-22-11-7-6-8-12-22)37-31(42)27(17-23-19-34-25-15-10-9-13-24(23)25)38-30(41)21(3)36-32(43)28-16-20(2)45-39-28/h6-13,15-16,19,21,26-27,34H,4-5,14,17-18H2,1-3H3,(H,35,44)(H,36,43)(H,37,42)(H,38,41). The molecule has 0 aliphatic rings. The molecular formula is C33H38N6O6. The van der Waals surface area contributed by atoms with Gasteiger partial charge in [-0.25, -0.2) is 0 Å². The normalized spacial score (nSPS) is 13.0. The molecule has 12 nitrogen and oxygen atoms in total. The van der Waals surface area contributed by atoms with Crippen molar-refractivity contribution < 1.29 is 28.5 Å². The molecule has 0 bridgehead atoms. The molecule has 236 valence electrons. The van der Waals surface area contributed by atoms with Gasteiger partial charge in [-0.3, -0.25) is 24.0 Å². The highest BCUT2D eigenvalue weighted by Crippen LogP contribution is 2.19. The summed E-state index contributed by atoms with van der Waals surface area (Å²) in [6.45, 7) is 5.22. The van der Waals surface area contributed by atoms with Crippen LogP contribution >= 0.6 is 0 Å². The van der Waals surface area contributed by atoms with Crippen molar-refractivity contribution in [3.05, 3.63) is 89.4 Å². The summed E-state index contributed by atoms with van der Waals surface area (Å²) >= 11 is 0. The van der Waals surface area contributed by atoms with Gasteiger partial charge in [-0.15, -0.1) is 0 Å². The van der Waals surface area contributed by atoms with Crippen LogP contribution in [0.25, 0.3) is 10.9 Å². The molecule has 0 saturated heterocycles. The van der Waals surface area contributed by atoms with Crippen molar-refractivity contribution >= 4 is 40.3 Å². The largest absolute Gasteiger partial charge is 0.361 e. The van der Waals surface area contributed by atoms with Crippen molar-refractivity contribution in [3.63, 3.8) is 0 Å². The van der Waals surface area contributed by atoms with Crippen LogP contribution in [0.5, 0.6) is 0 Å². The van der Waals surface area contributed by atoms with Crippen LogP contribution < -0.4 is 21.3 Å². The lowest BCUT2D eigenvalue weighted by Gasteiger charge is -2.24.